The smallest absolute Gasteiger partial charge is 0.122 e. The molecule has 0 saturated heterocycles. The molecular formula is C13H21NO2S. The molecule has 1 N–H and O–H groups in total. The van der Waals surface area contributed by atoms with Crippen molar-refractivity contribution in [2.24, 2.45) is 5.92 Å². The van der Waals surface area contributed by atoms with Gasteiger partial charge in [-0.1, -0.05) is 0 Å². The van der Waals surface area contributed by atoms with E-state index in [-0.39, 0.29) is 10.8 Å². The van der Waals surface area contributed by atoms with Crippen molar-refractivity contribution in [3.63, 3.8) is 0 Å². The van der Waals surface area contributed by atoms with Crippen LogP contribution in [0, 0.1) is 12.8 Å². The van der Waals surface area contributed by atoms with Gasteiger partial charge < -0.3 is 4.42 Å². The highest BCUT2D eigenvalue weighted by molar-refractivity contribution is 7.84. The van der Waals surface area contributed by atoms with E-state index in [1.54, 1.807) is 0 Å². The van der Waals surface area contributed by atoms with Gasteiger partial charge in [0.2, 0.25) is 0 Å². The summed E-state index contributed by atoms with van der Waals surface area (Å²) in [6.07, 6.45) is 2.39. The van der Waals surface area contributed by atoms with Gasteiger partial charge in [0.1, 0.15) is 11.5 Å². The van der Waals surface area contributed by atoms with Gasteiger partial charge in [-0.3, -0.25) is 0 Å². The summed E-state index contributed by atoms with van der Waals surface area (Å²) in [4.78, 5) is 0. The van der Waals surface area contributed by atoms with Crippen molar-refractivity contribution in [3.8, 4) is 0 Å². The first-order valence-electron chi connectivity index (χ1n) is 6.12. The van der Waals surface area contributed by atoms with Crippen molar-refractivity contribution in [3.05, 3.63) is 23.7 Å². The zero-order chi connectivity index (χ0) is 12.6. The Morgan fingerprint density at radius 1 is 1.41 bits per heavy atom. The minimum atomic E-state index is -1.05. The largest absolute Gasteiger partial charge is 0.465 e. The van der Waals surface area contributed by atoms with Gasteiger partial charge in [0, 0.05) is 0 Å². The second-order valence-electron chi connectivity index (χ2n) is 5.76. The second-order valence-corrected chi connectivity index (χ2v) is 7.76. The topological polar surface area (TPSA) is 42.2 Å². The number of rotatable bonds is 4. The molecule has 1 heterocycles. The molecule has 0 unspecified atom stereocenters. The highest BCUT2D eigenvalue weighted by atomic mass is 32.2. The van der Waals surface area contributed by atoms with Crippen molar-refractivity contribution >= 4 is 11.0 Å². The molecule has 0 bridgehead atoms. The molecule has 1 aromatic rings. The summed E-state index contributed by atoms with van der Waals surface area (Å²) in [6, 6.07) is 4.06. The van der Waals surface area contributed by atoms with Gasteiger partial charge in [0.15, 0.2) is 0 Å². The van der Waals surface area contributed by atoms with E-state index in [0.29, 0.717) is 5.92 Å². The monoisotopic (exact) mass is 255 g/mol. The average Bonchev–Trinajstić information content (AvgIpc) is 2.96. The Morgan fingerprint density at radius 2 is 2.06 bits per heavy atom. The fourth-order valence-corrected chi connectivity index (χ4v) is 2.62. The molecule has 1 aliphatic carbocycles. The number of nitrogens with one attached hydrogen (secondary N) is 1. The van der Waals surface area contributed by atoms with Crippen molar-refractivity contribution in [2.45, 2.75) is 51.3 Å². The van der Waals surface area contributed by atoms with Gasteiger partial charge in [0.25, 0.3) is 0 Å². The summed E-state index contributed by atoms with van der Waals surface area (Å²) < 4.78 is 20.8. The van der Waals surface area contributed by atoms with Crippen molar-refractivity contribution in [2.75, 3.05) is 0 Å². The van der Waals surface area contributed by atoms with Crippen LogP contribution in [0.4, 0.5) is 0 Å². The van der Waals surface area contributed by atoms with Crippen LogP contribution in [-0.4, -0.2) is 8.96 Å². The predicted octanol–water partition coefficient (Wildman–Crippen LogP) is 3.09. The lowest BCUT2D eigenvalue weighted by Gasteiger charge is -2.23. The van der Waals surface area contributed by atoms with Gasteiger partial charge in [0.05, 0.1) is 21.8 Å². The summed E-state index contributed by atoms with van der Waals surface area (Å²) in [5.74, 6) is 2.41. The van der Waals surface area contributed by atoms with E-state index >= 15 is 0 Å². The third-order valence-electron chi connectivity index (χ3n) is 2.95. The molecule has 0 spiro atoms. The maximum Gasteiger partial charge on any atom is 0.122 e. The van der Waals surface area contributed by atoms with Crippen molar-refractivity contribution in [1.82, 2.24) is 4.72 Å². The Kier molecular flexibility index (Phi) is 3.46. The average molecular weight is 255 g/mol. The van der Waals surface area contributed by atoms with E-state index < -0.39 is 11.0 Å². The van der Waals surface area contributed by atoms with Crippen molar-refractivity contribution in [1.29, 1.82) is 0 Å². The zero-order valence-electron chi connectivity index (χ0n) is 10.9. The molecule has 0 radical (unpaired) electrons. The van der Waals surface area contributed by atoms with Gasteiger partial charge in [-0.2, -0.15) is 0 Å². The molecule has 96 valence electrons. The van der Waals surface area contributed by atoms with Crippen LogP contribution < -0.4 is 4.72 Å². The van der Waals surface area contributed by atoms with Crippen LogP contribution in [0.15, 0.2) is 16.5 Å². The molecule has 2 atom stereocenters. The third-order valence-corrected chi connectivity index (χ3v) is 4.53. The Balaban J connectivity index is 2.11. The van der Waals surface area contributed by atoms with Gasteiger partial charge >= 0.3 is 0 Å². The molecule has 1 fully saturated rings. The first-order chi connectivity index (χ1) is 7.88. The quantitative estimate of drug-likeness (QED) is 0.898. The summed E-state index contributed by atoms with van der Waals surface area (Å²) in [5, 5.41) is 0. The maximum atomic E-state index is 12.1. The molecule has 2 rings (SSSR count). The van der Waals surface area contributed by atoms with Crippen LogP contribution >= 0.6 is 0 Å². The molecule has 1 aliphatic rings. The minimum absolute atomic E-state index is 0.101. The Hall–Kier alpha value is -0.610. The minimum Gasteiger partial charge on any atom is -0.465 e. The molecule has 0 amide bonds. The molecule has 0 aliphatic heterocycles. The van der Waals surface area contributed by atoms with E-state index in [1.807, 2.05) is 39.8 Å². The fourth-order valence-electron chi connectivity index (χ4n) is 1.73. The number of aryl methyl sites for hydroxylation is 1. The fraction of sp³-hybridized carbons (Fsp3) is 0.692. The summed E-state index contributed by atoms with van der Waals surface area (Å²) in [7, 11) is -1.05. The standard InChI is InChI=1S/C13H21NO2S/c1-9-5-8-11(16-9)12(10-6-7-10)14-17(15)13(2,3)4/h5,8,10,12,14H,6-7H2,1-4H3/t12-,17+/m0/s1. The second kappa shape index (κ2) is 4.58. The van der Waals surface area contributed by atoms with E-state index in [9.17, 15) is 4.21 Å². The summed E-state index contributed by atoms with van der Waals surface area (Å²) >= 11 is 0. The molecule has 17 heavy (non-hydrogen) atoms. The lowest BCUT2D eigenvalue weighted by atomic mass is 10.1. The van der Waals surface area contributed by atoms with Crippen LogP contribution in [-0.2, 0) is 11.0 Å². The van der Waals surface area contributed by atoms with E-state index in [0.717, 1.165) is 11.5 Å². The van der Waals surface area contributed by atoms with Gasteiger partial charge in [-0.15, -0.1) is 0 Å². The lowest BCUT2D eigenvalue weighted by molar-refractivity contribution is 0.408. The van der Waals surface area contributed by atoms with Crippen LogP contribution in [0.3, 0.4) is 0 Å². The molecule has 3 nitrogen and oxygen atoms in total. The van der Waals surface area contributed by atoms with Crippen LogP contribution in [0.25, 0.3) is 0 Å². The zero-order valence-corrected chi connectivity index (χ0v) is 11.8. The molecular weight excluding hydrogens is 234 g/mol. The molecule has 1 aromatic heterocycles. The Labute approximate surface area is 106 Å². The van der Waals surface area contributed by atoms with Gasteiger partial charge in [-0.25, -0.2) is 8.93 Å². The van der Waals surface area contributed by atoms with E-state index in [4.69, 9.17) is 4.42 Å². The van der Waals surface area contributed by atoms with Crippen LogP contribution in [0.2, 0.25) is 0 Å². The highest BCUT2D eigenvalue weighted by Crippen LogP contribution is 2.42. The summed E-state index contributed by atoms with van der Waals surface area (Å²) in [6.45, 7) is 7.88. The van der Waals surface area contributed by atoms with Crippen LogP contribution in [0.1, 0.15) is 51.2 Å². The Morgan fingerprint density at radius 3 is 2.47 bits per heavy atom. The molecule has 4 heteroatoms. The SMILES string of the molecule is Cc1ccc([C@@H](N[S@](=O)C(C)(C)C)C2CC2)o1. The van der Waals surface area contributed by atoms with E-state index in [1.165, 1.54) is 12.8 Å². The number of hydrogen-bond acceptors (Lipinski definition) is 2. The first kappa shape index (κ1) is 12.8. The summed E-state index contributed by atoms with van der Waals surface area (Å²) in [5.41, 5.74) is 0. The van der Waals surface area contributed by atoms with Crippen LogP contribution in [0.5, 0.6) is 0 Å². The van der Waals surface area contributed by atoms with Crippen molar-refractivity contribution < 1.29 is 8.63 Å². The highest BCUT2D eigenvalue weighted by Gasteiger charge is 2.36. The number of furan rings is 1. The predicted molar refractivity (Wildman–Crippen MR) is 69.9 cm³/mol. The molecule has 1 saturated carbocycles. The Bertz CT molecular complexity index is 415. The van der Waals surface area contributed by atoms with Gasteiger partial charge in [-0.05, 0) is 58.6 Å². The number of hydrogen-bond donors (Lipinski definition) is 1. The first-order valence-corrected chi connectivity index (χ1v) is 7.27. The normalized spacial score (nSPS) is 20.2. The lowest BCUT2D eigenvalue weighted by Crippen LogP contribution is -2.36. The van der Waals surface area contributed by atoms with E-state index in [2.05, 4.69) is 4.72 Å². The maximum absolute atomic E-state index is 12.1. The molecule has 0 aromatic carbocycles. The third kappa shape index (κ3) is 3.19.